The smallest absolute Gasteiger partial charge is 0.132 e. The Hall–Kier alpha value is -0.500. The Labute approximate surface area is 97.5 Å². The van der Waals surface area contributed by atoms with E-state index in [-0.39, 0.29) is 0 Å². The molecule has 1 rings (SSSR count). The maximum absolute atomic E-state index is 5.84. The second kappa shape index (κ2) is 6.89. The third kappa shape index (κ3) is 4.25. The lowest BCUT2D eigenvalue weighted by Gasteiger charge is -2.15. The summed E-state index contributed by atoms with van der Waals surface area (Å²) in [6.07, 6.45) is 5.14. The largest absolute Gasteiger partial charge is 0.492 e. The molecule has 0 saturated heterocycles. The molecule has 1 heterocycles. The molecular formula is C13H22OS. The predicted octanol–water partition coefficient (Wildman–Crippen LogP) is 4.65. The molecule has 1 nitrogen and oxygen atoms in total. The minimum Gasteiger partial charge on any atom is -0.492 e. The molecule has 0 aliphatic carbocycles. The first kappa shape index (κ1) is 12.6. The Kier molecular flexibility index (Phi) is 5.77. The van der Waals surface area contributed by atoms with Crippen molar-refractivity contribution in [2.45, 2.75) is 46.5 Å². The van der Waals surface area contributed by atoms with Gasteiger partial charge in [0.05, 0.1) is 6.61 Å². The highest BCUT2D eigenvalue weighted by molar-refractivity contribution is 7.08. The number of aryl methyl sites for hydroxylation is 1. The van der Waals surface area contributed by atoms with Gasteiger partial charge in [0.2, 0.25) is 0 Å². The molecule has 0 aliphatic heterocycles. The molecule has 1 unspecified atom stereocenters. The first-order valence-corrected chi connectivity index (χ1v) is 6.87. The summed E-state index contributed by atoms with van der Waals surface area (Å²) in [5.41, 5.74) is 1.27. The summed E-state index contributed by atoms with van der Waals surface area (Å²) in [5.74, 6) is 1.80. The van der Waals surface area contributed by atoms with E-state index in [0.717, 1.165) is 18.3 Å². The van der Waals surface area contributed by atoms with Gasteiger partial charge in [-0.05, 0) is 24.6 Å². The lowest BCUT2D eigenvalue weighted by atomic mass is 10.0. The molecule has 0 aliphatic rings. The Balaban J connectivity index is 2.31. The fourth-order valence-corrected chi connectivity index (χ4v) is 2.37. The van der Waals surface area contributed by atoms with Crippen LogP contribution < -0.4 is 4.74 Å². The number of thiophene rings is 1. The number of ether oxygens (including phenoxy) is 1. The maximum Gasteiger partial charge on any atom is 0.132 e. The van der Waals surface area contributed by atoms with Crippen molar-refractivity contribution in [3.05, 3.63) is 16.3 Å². The van der Waals surface area contributed by atoms with Gasteiger partial charge in [-0.3, -0.25) is 0 Å². The van der Waals surface area contributed by atoms with Gasteiger partial charge in [0.15, 0.2) is 0 Å². The van der Waals surface area contributed by atoms with E-state index in [4.69, 9.17) is 4.74 Å². The second-order valence-electron chi connectivity index (χ2n) is 4.15. The SMILES string of the molecule is CCCCC(CC)COc1cscc1C. The van der Waals surface area contributed by atoms with Gasteiger partial charge < -0.3 is 4.74 Å². The number of hydrogen-bond donors (Lipinski definition) is 0. The first-order chi connectivity index (χ1) is 7.27. The lowest BCUT2D eigenvalue weighted by Crippen LogP contribution is -2.11. The third-order valence-corrected chi connectivity index (χ3v) is 3.67. The Morgan fingerprint density at radius 1 is 1.33 bits per heavy atom. The number of unbranched alkanes of at least 4 members (excludes halogenated alkanes) is 1. The van der Waals surface area contributed by atoms with Crippen molar-refractivity contribution in [3.8, 4) is 5.75 Å². The van der Waals surface area contributed by atoms with Crippen molar-refractivity contribution in [2.24, 2.45) is 5.92 Å². The summed E-state index contributed by atoms with van der Waals surface area (Å²) in [4.78, 5) is 0. The highest BCUT2D eigenvalue weighted by Gasteiger charge is 2.08. The first-order valence-electron chi connectivity index (χ1n) is 5.93. The summed E-state index contributed by atoms with van der Waals surface area (Å²) in [7, 11) is 0. The molecule has 0 fully saturated rings. The van der Waals surface area contributed by atoms with Crippen LogP contribution in [0.15, 0.2) is 10.8 Å². The van der Waals surface area contributed by atoms with Gasteiger partial charge >= 0.3 is 0 Å². The summed E-state index contributed by atoms with van der Waals surface area (Å²) in [6, 6.07) is 0. The fraction of sp³-hybridized carbons (Fsp3) is 0.692. The van der Waals surface area contributed by atoms with Gasteiger partial charge in [-0.15, -0.1) is 11.3 Å². The topological polar surface area (TPSA) is 9.23 Å². The van der Waals surface area contributed by atoms with Crippen LogP contribution >= 0.6 is 11.3 Å². The van der Waals surface area contributed by atoms with Crippen LogP contribution in [0.3, 0.4) is 0 Å². The highest BCUT2D eigenvalue weighted by atomic mass is 32.1. The van der Waals surface area contributed by atoms with E-state index in [1.165, 1.54) is 31.2 Å². The van der Waals surface area contributed by atoms with Crippen LogP contribution in [0.25, 0.3) is 0 Å². The van der Waals surface area contributed by atoms with Crippen LogP contribution in [0, 0.1) is 12.8 Å². The molecule has 86 valence electrons. The molecule has 0 radical (unpaired) electrons. The molecular weight excluding hydrogens is 204 g/mol. The van der Waals surface area contributed by atoms with Gasteiger partial charge in [0.1, 0.15) is 5.75 Å². The van der Waals surface area contributed by atoms with Crippen molar-refractivity contribution in [1.82, 2.24) is 0 Å². The average Bonchev–Trinajstić information content (AvgIpc) is 2.65. The molecule has 0 bridgehead atoms. The fourth-order valence-electron chi connectivity index (χ4n) is 1.60. The second-order valence-corrected chi connectivity index (χ2v) is 4.89. The predicted molar refractivity (Wildman–Crippen MR) is 67.9 cm³/mol. The number of hydrogen-bond acceptors (Lipinski definition) is 2. The lowest BCUT2D eigenvalue weighted by molar-refractivity contribution is 0.233. The normalized spacial score (nSPS) is 12.7. The Morgan fingerprint density at radius 2 is 2.13 bits per heavy atom. The zero-order valence-electron chi connectivity index (χ0n) is 10.1. The number of rotatable bonds is 7. The van der Waals surface area contributed by atoms with Crippen LogP contribution in [-0.4, -0.2) is 6.61 Å². The molecule has 0 N–H and O–H groups in total. The van der Waals surface area contributed by atoms with Crippen LogP contribution in [0.5, 0.6) is 5.75 Å². The minimum absolute atomic E-state index is 0.726. The van der Waals surface area contributed by atoms with E-state index in [1.807, 2.05) is 0 Å². The molecule has 0 saturated carbocycles. The quantitative estimate of drug-likeness (QED) is 0.657. The standard InChI is InChI=1S/C13H22OS/c1-4-6-7-12(5-2)8-14-13-10-15-9-11(13)3/h9-10,12H,4-8H2,1-3H3. The van der Waals surface area contributed by atoms with Crippen molar-refractivity contribution >= 4 is 11.3 Å². The van der Waals surface area contributed by atoms with Crippen LogP contribution in [-0.2, 0) is 0 Å². The molecule has 0 aromatic carbocycles. The molecule has 1 aromatic heterocycles. The summed E-state index contributed by atoms with van der Waals surface area (Å²) < 4.78 is 5.84. The zero-order valence-corrected chi connectivity index (χ0v) is 10.9. The van der Waals surface area contributed by atoms with Crippen LogP contribution in [0.2, 0.25) is 0 Å². The monoisotopic (exact) mass is 226 g/mol. The summed E-state index contributed by atoms with van der Waals surface area (Å²) >= 11 is 1.72. The van der Waals surface area contributed by atoms with E-state index >= 15 is 0 Å². The molecule has 15 heavy (non-hydrogen) atoms. The molecule has 0 spiro atoms. The van der Waals surface area contributed by atoms with Crippen molar-refractivity contribution in [3.63, 3.8) is 0 Å². The van der Waals surface area contributed by atoms with E-state index in [2.05, 4.69) is 31.5 Å². The van der Waals surface area contributed by atoms with E-state index in [0.29, 0.717) is 0 Å². The highest BCUT2D eigenvalue weighted by Crippen LogP contribution is 2.23. The van der Waals surface area contributed by atoms with E-state index in [9.17, 15) is 0 Å². The van der Waals surface area contributed by atoms with Crippen LogP contribution in [0.4, 0.5) is 0 Å². The van der Waals surface area contributed by atoms with Gasteiger partial charge in [0, 0.05) is 10.9 Å². The average molecular weight is 226 g/mol. The van der Waals surface area contributed by atoms with Crippen molar-refractivity contribution < 1.29 is 4.74 Å². The minimum atomic E-state index is 0.726. The maximum atomic E-state index is 5.84. The van der Waals surface area contributed by atoms with E-state index < -0.39 is 0 Å². The van der Waals surface area contributed by atoms with Crippen molar-refractivity contribution in [1.29, 1.82) is 0 Å². The van der Waals surface area contributed by atoms with Crippen molar-refractivity contribution in [2.75, 3.05) is 6.61 Å². The third-order valence-electron chi connectivity index (χ3n) is 2.83. The van der Waals surface area contributed by atoms with Gasteiger partial charge in [-0.2, -0.15) is 0 Å². The molecule has 2 heteroatoms. The van der Waals surface area contributed by atoms with E-state index in [1.54, 1.807) is 11.3 Å². The Morgan fingerprint density at radius 3 is 2.67 bits per heavy atom. The van der Waals surface area contributed by atoms with Crippen LogP contribution in [0.1, 0.15) is 45.1 Å². The molecule has 0 amide bonds. The zero-order chi connectivity index (χ0) is 11.1. The van der Waals surface area contributed by atoms with Gasteiger partial charge in [-0.1, -0.05) is 33.1 Å². The molecule has 1 atom stereocenters. The Bertz CT molecular complexity index is 267. The summed E-state index contributed by atoms with van der Waals surface area (Å²) in [6.45, 7) is 7.49. The molecule has 1 aromatic rings. The summed E-state index contributed by atoms with van der Waals surface area (Å²) in [5, 5.41) is 4.24. The van der Waals surface area contributed by atoms with Gasteiger partial charge in [0.25, 0.3) is 0 Å². The van der Waals surface area contributed by atoms with Gasteiger partial charge in [-0.25, -0.2) is 0 Å².